The molecule has 0 radical (unpaired) electrons. The molecular weight excluding hydrogens is 246 g/mol. The molecule has 18 heavy (non-hydrogen) atoms. The number of thioether (sulfide) groups is 1. The number of hydrogen-bond donors (Lipinski definition) is 1. The lowest BCUT2D eigenvalue weighted by Gasteiger charge is -2.14. The molecule has 1 aromatic carbocycles. The van der Waals surface area contributed by atoms with Crippen molar-refractivity contribution < 1.29 is 9.84 Å². The highest BCUT2D eigenvalue weighted by atomic mass is 32.2. The van der Waals surface area contributed by atoms with Crippen LogP contribution in [0.15, 0.2) is 23.1 Å². The highest BCUT2D eigenvalue weighted by molar-refractivity contribution is 7.99. The van der Waals surface area contributed by atoms with Gasteiger partial charge in [-0.15, -0.1) is 11.8 Å². The van der Waals surface area contributed by atoms with Crippen LogP contribution in [0.2, 0.25) is 0 Å². The molecule has 0 bridgehead atoms. The molecular formula is C14H17NO2S. The van der Waals surface area contributed by atoms with E-state index in [1.54, 1.807) is 24.8 Å². The highest BCUT2D eigenvalue weighted by Crippen LogP contribution is 2.30. The summed E-state index contributed by atoms with van der Waals surface area (Å²) in [6.07, 6.45) is 2.04. The summed E-state index contributed by atoms with van der Waals surface area (Å²) in [5.74, 6) is 0.884. The third kappa shape index (κ3) is 3.26. The van der Waals surface area contributed by atoms with Gasteiger partial charge in [0.1, 0.15) is 0 Å². The number of ether oxygens (including phenoxy) is 1. The van der Waals surface area contributed by atoms with Crippen LogP contribution in [0.25, 0.3) is 0 Å². The van der Waals surface area contributed by atoms with Crippen LogP contribution in [0.1, 0.15) is 37.0 Å². The van der Waals surface area contributed by atoms with E-state index >= 15 is 0 Å². The molecule has 96 valence electrons. The molecule has 0 aliphatic carbocycles. The second kappa shape index (κ2) is 6.24. The number of aliphatic hydroxyl groups is 1. The predicted molar refractivity (Wildman–Crippen MR) is 71.5 cm³/mol. The number of nitrogens with zero attached hydrogens (tertiary/aromatic N) is 1. The van der Waals surface area contributed by atoms with Gasteiger partial charge in [-0.2, -0.15) is 5.26 Å². The van der Waals surface area contributed by atoms with Gasteiger partial charge >= 0.3 is 0 Å². The van der Waals surface area contributed by atoms with E-state index in [1.807, 2.05) is 12.1 Å². The van der Waals surface area contributed by atoms with Crippen molar-refractivity contribution in [3.8, 4) is 6.07 Å². The van der Waals surface area contributed by atoms with Crippen molar-refractivity contribution in [3.63, 3.8) is 0 Å². The molecule has 1 unspecified atom stereocenters. The van der Waals surface area contributed by atoms with Gasteiger partial charge in [0.15, 0.2) is 0 Å². The van der Waals surface area contributed by atoms with Crippen molar-refractivity contribution in [1.82, 2.24) is 0 Å². The lowest BCUT2D eigenvalue weighted by atomic mass is 10.1. The fourth-order valence-corrected chi connectivity index (χ4v) is 3.28. The summed E-state index contributed by atoms with van der Waals surface area (Å²) in [5.41, 5.74) is 1.52. The Labute approximate surface area is 112 Å². The van der Waals surface area contributed by atoms with Crippen LogP contribution in [-0.4, -0.2) is 23.6 Å². The molecule has 0 amide bonds. The molecule has 3 nitrogen and oxygen atoms in total. The first-order valence-corrected chi connectivity index (χ1v) is 7.16. The topological polar surface area (TPSA) is 53.2 Å². The number of benzene rings is 1. The van der Waals surface area contributed by atoms with Gasteiger partial charge in [0, 0.05) is 17.3 Å². The van der Waals surface area contributed by atoms with Crippen LogP contribution in [0.3, 0.4) is 0 Å². The zero-order valence-corrected chi connectivity index (χ0v) is 11.2. The third-order valence-corrected chi connectivity index (χ3v) is 4.24. The quantitative estimate of drug-likeness (QED) is 0.849. The van der Waals surface area contributed by atoms with E-state index in [-0.39, 0.29) is 0 Å². The van der Waals surface area contributed by atoms with Gasteiger partial charge in [-0.3, -0.25) is 0 Å². The summed E-state index contributed by atoms with van der Waals surface area (Å²) in [5, 5.41) is 18.7. The Kier molecular flexibility index (Phi) is 4.65. The van der Waals surface area contributed by atoms with Gasteiger partial charge in [0.25, 0.3) is 0 Å². The predicted octanol–water partition coefficient (Wildman–Crippen LogP) is 2.88. The lowest BCUT2D eigenvalue weighted by Crippen LogP contribution is -2.08. The summed E-state index contributed by atoms with van der Waals surface area (Å²) < 4.78 is 5.58. The maximum Gasteiger partial charge on any atom is 0.0992 e. The fourth-order valence-electron chi connectivity index (χ4n) is 2.03. The number of rotatable bonds is 4. The van der Waals surface area contributed by atoms with Crippen molar-refractivity contribution in [3.05, 3.63) is 29.3 Å². The van der Waals surface area contributed by atoms with Crippen LogP contribution in [0, 0.1) is 11.3 Å². The Balaban J connectivity index is 2.10. The standard InChI is InChI=1S/C14H17NO2S/c1-10(16)13-5-4-11(8-15)7-14(13)18-9-12-3-2-6-17-12/h4-5,7,10,12,16H,2-3,6,9H2,1H3/t10-,12?/m0/s1. The maximum absolute atomic E-state index is 9.73. The Hall–Kier alpha value is -1.02. The summed E-state index contributed by atoms with van der Waals surface area (Å²) in [4.78, 5) is 0.986. The smallest absolute Gasteiger partial charge is 0.0992 e. The Morgan fingerprint density at radius 3 is 3.06 bits per heavy atom. The first kappa shape index (κ1) is 13.4. The minimum atomic E-state index is -0.510. The molecule has 4 heteroatoms. The van der Waals surface area contributed by atoms with Gasteiger partial charge in [-0.1, -0.05) is 6.07 Å². The monoisotopic (exact) mass is 263 g/mol. The van der Waals surface area contributed by atoms with Crippen molar-refractivity contribution >= 4 is 11.8 Å². The summed E-state index contributed by atoms with van der Waals surface area (Å²) in [6.45, 7) is 2.60. The Morgan fingerprint density at radius 1 is 1.61 bits per heavy atom. The highest BCUT2D eigenvalue weighted by Gasteiger charge is 2.17. The van der Waals surface area contributed by atoms with Crippen molar-refractivity contribution in [2.45, 2.75) is 36.9 Å². The van der Waals surface area contributed by atoms with Gasteiger partial charge in [0.05, 0.1) is 23.8 Å². The summed E-state index contributed by atoms with van der Waals surface area (Å²) in [7, 11) is 0. The number of hydrogen-bond acceptors (Lipinski definition) is 4. The molecule has 1 aliphatic heterocycles. The number of aliphatic hydroxyl groups excluding tert-OH is 1. The third-order valence-electron chi connectivity index (χ3n) is 3.04. The molecule has 0 saturated carbocycles. The SMILES string of the molecule is C[C@H](O)c1ccc(C#N)cc1SCC1CCCO1. The molecule has 1 fully saturated rings. The van der Waals surface area contributed by atoms with Crippen LogP contribution < -0.4 is 0 Å². The first-order chi connectivity index (χ1) is 8.70. The van der Waals surface area contributed by atoms with E-state index in [0.717, 1.165) is 35.7 Å². The van der Waals surface area contributed by atoms with Crippen molar-refractivity contribution in [1.29, 1.82) is 5.26 Å². The average Bonchev–Trinajstić information content (AvgIpc) is 2.88. The molecule has 1 saturated heterocycles. The van der Waals surface area contributed by atoms with Crippen LogP contribution >= 0.6 is 11.8 Å². The average molecular weight is 263 g/mol. The van der Waals surface area contributed by atoms with E-state index in [0.29, 0.717) is 11.7 Å². The van der Waals surface area contributed by atoms with Crippen molar-refractivity contribution in [2.24, 2.45) is 0 Å². The van der Waals surface area contributed by atoms with Crippen LogP contribution in [0.5, 0.6) is 0 Å². The van der Waals surface area contributed by atoms with Crippen molar-refractivity contribution in [2.75, 3.05) is 12.4 Å². The van der Waals surface area contributed by atoms with Gasteiger partial charge in [-0.05, 0) is 37.5 Å². The zero-order chi connectivity index (χ0) is 13.0. The minimum Gasteiger partial charge on any atom is -0.389 e. The first-order valence-electron chi connectivity index (χ1n) is 6.17. The van der Waals surface area contributed by atoms with Gasteiger partial charge in [0.2, 0.25) is 0 Å². The molecule has 1 aliphatic rings. The summed E-state index contributed by atoms with van der Waals surface area (Å²) in [6, 6.07) is 7.57. The van der Waals surface area contributed by atoms with E-state index in [2.05, 4.69) is 6.07 Å². The number of nitriles is 1. The fraction of sp³-hybridized carbons (Fsp3) is 0.500. The molecule has 2 rings (SSSR count). The van der Waals surface area contributed by atoms with E-state index in [4.69, 9.17) is 10.00 Å². The molecule has 0 aromatic heterocycles. The van der Waals surface area contributed by atoms with Gasteiger partial charge < -0.3 is 9.84 Å². The maximum atomic E-state index is 9.73. The summed E-state index contributed by atoms with van der Waals surface area (Å²) >= 11 is 1.67. The minimum absolute atomic E-state index is 0.308. The van der Waals surface area contributed by atoms with Crippen LogP contribution in [0.4, 0.5) is 0 Å². The molecule has 0 spiro atoms. The molecule has 2 atom stereocenters. The lowest BCUT2D eigenvalue weighted by molar-refractivity contribution is 0.129. The second-order valence-electron chi connectivity index (χ2n) is 4.49. The second-order valence-corrected chi connectivity index (χ2v) is 5.55. The van der Waals surface area contributed by atoms with Gasteiger partial charge in [-0.25, -0.2) is 0 Å². The van der Waals surface area contributed by atoms with E-state index in [9.17, 15) is 5.11 Å². The molecule has 1 heterocycles. The zero-order valence-electron chi connectivity index (χ0n) is 10.4. The Morgan fingerprint density at radius 2 is 2.44 bits per heavy atom. The Bertz CT molecular complexity index is 448. The largest absolute Gasteiger partial charge is 0.389 e. The molecule has 1 aromatic rings. The van der Waals surface area contributed by atoms with E-state index in [1.165, 1.54) is 0 Å². The normalized spacial score (nSPS) is 20.6. The van der Waals surface area contributed by atoms with Crippen LogP contribution in [-0.2, 0) is 4.74 Å². The molecule has 1 N–H and O–H groups in total. The van der Waals surface area contributed by atoms with E-state index < -0.39 is 6.10 Å².